The van der Waals surface area contributed by atoms with Gasteiger partial charge in [0.05, 0.1) is 40.3 Å². The Hall–Kier alpha value is -4.83. The molecule has 0 radical (unpaired) electrons. The summed E-state index contributed by atoms with van der Waals surface area (Å²) in [5.74, 6) is -2.32. The Morgan fingerprint density at radius 1 is 0.353 bits per heavy atom. The number of nitrogens with zero attached hydrogens (tertiary/aromatic N) is 1. The molecule has 0 aliphatic rings. The summed E-state index contributed by atoms with van der Waals surface area (Å²) in [6.45, 7) is 4.49. The summed E-state index contributed by atoms with van der Waals surface area (Å²) in [4.78, 5) is 37.4. The molecule has 0 aromatic rings. The van der Waals surface area contributed by atoms with E-state index in [1.807, 2.05) is 21.1 Å². The van der Waals surface area contributed by atoms with Gasteiger partial charge in [-0.3, -0.25) is 9.59 Å². The maximum atomic E-state index is 12.9. The first-order valence-corrected chi connectivity index (χ1v) is 34.0. The van der Waals surface area contributed by atoms with Crippen LogP contribution in [0.3, 0.4) is 0 Å². The zero-order valence-electron chi connectivity index (χ0n) is 54.9. The van der Waals surface area contributed by atoms with Gasteiger partial charge in [0.2, 0.25) is 0 Å². The summed E-state index contributed by atoms with van der Waals surface area (Å²) < 4.78 is 22.7. The molecular weight excluding hydrogens is 1050 g/mol. The number of quaternary nitrogens is 1. The monoisotopic (exact) mass is 1180 g/mol. The molecular formula is C76H125NO8. The van der Waals surface area contributed by atoms with Crippen LogP contribution in [0.5, 0.6) is 0 Å². The van der Waals surface area contributed by atoms with E-state index in [1.54, 1.807) is 0 Å². The molecule has 0 rings (SSSR count). The number of carboxylic acids is 1. The van der Waals surface area contributed by atoms with Crippen molar-refractivity contribution >= 4 is 17.9 Å². The maximum Gasteiger partial charge on any atom is 0.306 e. The molecule has 0 aliphatic heterocycles. The van der Waals surface area contributed by atoms with Gasteiger partial charge in [-0.05, 0) is 116 Å². The molecule has 2 atom stereocenters. The smallest absolute Gasteiger partial charge is 0.306 e. The number of unbranched alkanes of at least 4 members (excludes halogenated alkanes) is 22. The summed E-state index contributed by atoms with van der Waals surface area (Å²) in [5, 5.41) is 11.8. The third-order valence-electron chi connectivity index (χ3n) is 14.1. The Morgan fingerprint density at radius 3 is 0.941 bits per heavy atom. The van der Waals surface area contributed by atoms with E-state index in [1.165, 1.54) is 96.3 Å². The van der Waals surface area contributed by atoms with Crippen molar-refractivity contribution < 1.29 is 42.9 Å². The van der Waals surface area contributed by atoms with E-state index in [-0.39, 0.29) is 38.6 Å². The zero-order chi connectivity index (χ0) is 61.9. The fraction of sp³-hybridized carbons (Fsp3) is 0.645. The van der Waals surface area contributed by atoms with Crippen LogP contribution >= 0.6 is 0 Å². The summed E-state index contributed by atoms with van der Waals surface area (Å²) in [5.41, 5.74) is 0. The van der Waals surface area contributed by atoms with Gasteiger partial charge in [0, 0.05) is 12.8 Å². The van der Waals surface area contributed by atoms with Gasteiger partial charge in [-0.1, -0.05) is 275 Å². The van der Waals surface area contributed by atoms with Gasteiger partial charge in [0.15, 0.2) is 12.4 Å². The second-order valence-electron chi connectivity index (χ2n) is 23.3. The molecule has 9 heteroatoms. The van der Waals surface area contributed by atoms with E-state index in [0.717, 1.165) is 122 Å². The minimum absolute atomic E-state index is 0.137. The Morgan fingerprint density at radius 2 is 0.635 bits per heavy atom. The van der Waals surface area contributed by atoms with Crippen LogP contribution in [-0.2, 0) is 33.3 Å². The van der Waals surface area contributed by atoms with Crippen LogP contribution in [0.25, 0.3) is 0 Å². The average molecular weight is 1180 g/mol. The number of esters is 2. The van der Waals surface area contributed by atoms with Gasteiger partial charge < -0.3 is 33.3 Å². The Balaban J connectivity index is 4.15. The lowest BCUT2D eigenvalue weighted by atomic mass is 10.0. The van der Waals surface area contributed by atoms with Crippen molar-refractivity contribution in [3.05, 3.63) is 146 Å². The lowest BCUT2D eigenvalue weighted by Crippen LogP contribution is -2.44. The van der Waals surface area contributed by atoms with Crippen molar-refractivity contribution in [3.8, 4) is 0 Å². The Kier molecular flexibility index (Phi) is 61.4. The fourth-order valence-electron chi connectivity index (χ4n) is 8.96. The topological polar surface area (TPSA) is 111 Å². The largest absolute Gasteiger partial charge is 0.545 e. The molecule has 0 aromatic carbocycles. The maximum absolute atomic E-state index is 12.9. The molecule has 0 fully saturated rings. The van der Waals surface area contributed by atoms with Crippen molar-refractivity contribution in [3.63, 3.8) is 0 Å². The van der Waals surface area contributed by atoms with Gasteiger partial charge in [0.25, 0.3) is 0 Å². The number of carbonyl (C=O) groups is 3. The van der Waals surface area contributed by atoms with Gasteiger partial charge in [-0.25, -0.2) is 0 Å². The Labute approximate surface area is 522 Å². The van der Waals surface area contributed by atoms with Crippen molar-refractivity contribution in [1.29, 1.82) is 0 Å². The highest BCUT2D eigenvalue weighted by Crippen LogP contribution is 2.16. The standard InChI is InChI=1S/C76H125NO8/c1-6-8-10-12-14-16-18-20-22-24-26-28-30-31-32-33-34-35-36-37-38-39-40-41-42-43-45-47-49-51-53-55-57-59-61-63-65-67-74(79)85-72(71-84-76(75(80)81)82-69-68-77(3,4)5)70-83-73(78)66-64-62-60-58-56-54-52-50-48-46-44-29-27-25-23-21-19-17-15-13-11-9-7-2/h8-11,14-17,20-23,26-29,31-32,34-35,46,48,52,54,72,76H,6-7,12-13,18-19,24-25,30,33,36-45,47,49-51,53,55-71H2,1-5H3/b10-8-,11-9-,16-14-,17-15-,22-20-,23-21-,28-26-,29-27-,32-31-,35-34-,48-46-,54-52-. The third kappa shape index (κ3) is 66.5. The second-order valence-corrected chi connectivity index (χ2v) is 23.3. The SMILES string of the molecule is CC/C=C\C/C=C\C/C=C\C/C=C\C/C=C\C/C=C\CCCCCCCCCCCCCCCCCCCCC(=O)OC(COC(=O)CCCCCC/C=C\C/C=C\C/C=C\C/C=C\C/C=C\C/C=C\CC)COC(OCC[N+](C)(C)C)C(=O)[O-]. The van der Waals surface area contributed by atoms with E-state index >= 15 is 0 Å². The summed E-state index contributed by atoms with van der Waals surface area (Å²) in [7, 11) is 5.91. The van der Waals surface area contributed by atoms with E-state index in [0.29, 0.717) is 23.9 Å². The summed E-state index contributed by atoms with van der Waals surface area (Å²) in [6, 6.07) is 0. The van der Waals surface area contributed by atoms with E-state index in [4.69, 9.17) is 18.9 Å². The molecule has 85 heavy (non-hydrogen) atoms. The van der Waals surface area contributed by atoms with Crippen LogP contribution in [0, 0.1) is 0 Å². The van der Waals surface area contributed by atoms with Crippen LogP contribution < -0.4 is 5.11 Å². The lowest BCUT2D eigenvalue weighted by Gasteiger charge is -2.26. The number of hydrogen-bond acceptors (Lipinski definition) is 8. The molecule has 0 aliphatic carbocycles. The van der Waals surface area contributed by atoms with Crippen molar-refractivity contribution in [2.24, 2.45) is 0 Å². The van der Waals surface area contributed by atoms with Gasteiger partial charge in [-0.15, -0.1) is 0 Å². The van der Waals surface area contributed by atoms with Crippen molar-refractivity contribution in [1.82, 2.24) is 0 Å². The number of allylic oxidation sites excluding steroid dienone is 24. The highest BCUT2D eigenvalue weighted by Gasteiger charge is 2.22. The Bertz CT molecular complexity index is 1900. The molecule has 9 nitrogen and oxygen atoms in total. The van der Waals surface area contributed by atoms with E-state index in [9.17, 15) is 19.5 Å². The molecule has 2 unspecified atom stereocenters. The first kappa shape index (κ1) is 80.2. The molecule has 0 aromatic heterocycles. The number of rotatable bonds is 61. The zero-order valence-corrected chi connectivity index (χ0v) is 54.9. The van der Waals surface area contributed by atoms with Crippen LogP contribution in [0.1, 0.15) is 258 Å². The fourth-order valence-corrected chi connectivity index (χ4v) is 8.96. The number of likely N-dealkylation sites (N-methyl/N-ethyl adjacent to an activating group) is 1. The van der Waals surface area contributed by atoms with Crippen LogP contribution in [0.15, 0.2) is 146 Å². The second kappa shape index (κ2) is 65.2. The predicted octanol–water partition coefficient (Wildman–Crippen LogP) is 19.8. The molecule has 0 amide bonds. The number of carbonyl (C=O) groups excluding carboxylic acids is 3. The highest BCUT2D eigenvalue weighted by molar-refractivity contribution is 5.70. The normalized spacial score (nSPS) is 13.7. The van der Waals surface area contributed by atoms with Gasteiger partial charge in [0.1, 0.15) is 13.2 Å². The lowest BCUT2D eigenvalue weighted by molar-refractivity contribution is -0.870. The molecule has 482 valence electrons. The first-order valence-electron chi connectivity index (χ1n) is 34.0. The first-order chi connectivity index (χ1) is 41.6. The van der Waals surface area contributed by atoms with Crippen molar-refractivity contribution in [2.75, 3.05) is 47.5 Å². The minimum Gasteiger partial charge on any atom is -0.545 e. The molecule has 0 bridgehead atoms. The van der Waals surface area contributed by atoms with E-state index in [2.05, 4.69) is 160 Å². The predicted molar refractivity (Wildman–Crippen MR) is 361 cm³/mol. The van der Waals surface area contributed by atoms with Gasteiger partial charge in [-0.2, -0.15) is 0 Å². The molecule has 0 N–H and O–H groups in total. The molecule has 0 heterocycles. The molecule has 0 saturated heterocycles. The molecule has 0 saturated carbocycles. The average Bonchev–Trinajstić information content (AvgIpc) is 3.48. The van der Waals surface area contributed by atoms with Crippen molar-refractivity contribution in [2.45, 2.75) is 270 Å². The minimum atomic E-state index is -1.64. The number of hydrogen-bond donors (Lipinski definition) is 0. The number of ether oxygens (including phenoxy) is 4. The van der Waals surface area contributed by atoms with Crippen LogP contribution in [-0.4, -0.2) is 82.3 Å². The quantitative estimate of drug-likeness (QED) is 0.0195. The number of aliphatic carboxylic acids is 1. The van der Waals surface area contributed by atoms with Crippen LogP contribution in [0.4, 0.5) is 0 Å². The highest BCUT2D eigenvalue weighted by atomic mass is 16.7. The third-order valence-corrected chi connectivity index (χ3v) is 14.1. The van der Waals surface area contributed by atoms with E-state index < -0.39 is 24.3 Å². The molecule has 0 spiro atoms. The summed E-state index contributed by atoms with van der Waals surface area (Å²) >= 11 is 0. The van der Waals surface area contributed by atoms with Gasteiger partial charge >= 0.3 is 11.9 Å². The van der Waals surface area contributed by atoms with Crippen LogP contribution in [0.2, 0.25) is 0 Å². The summed E-state index contributed by atoms with van der Waals surface area (Å²) in [6.07, 6.45) is 92.1. The number of carboxylic acid groups (broad SMARTS) is 1.